The number of halogens is 3. The third-order valence-electron chi connectivity index (χ3n) is 7.41. The summed E-state index contributed by atoms with van der Waals surface area (Å²) in [6.45, 7) is 0.728. The molecule has 3 aliphatic rings. The molecular weight excluding hydrogens is 453 g/mol. The Morgan fingerprint density at radius 3 is 2.65 bits per heavy atom. The van der Waals surface area contributed by atoms with Crippen LogP contribution in [0.15, 0.2) is 6.20 Å². The van der Waals surface area contributed by atoms with Crippen molar-refractivity contribution in [1.82, 2.24) is 24.9 Å². The summed E-state index contributed by atoms with van der Waals surface area (Å²) < 4.78 is 46.9. The Morgan fingerprint density at radius 2 is 1.97 bits per heavy atom. The number of carbonyl (C=O) groups is 1. The lowest BCUT2D eigenvalue weighted by Gasteiger charge is -2.34. The first kappa shape index (κ1) is 23.4. The van der Waals surface area contributed by atoms with Gasteiger partial charge in [0.15, 0.2) is 0 Å². The fourth-order valence-corrected chi connectivity index (χ4v) is 5.21. The molecule has 5 rings (SSSR count). The van der Waals surface area contributed by atoms with Crippen molar-refractivity contribution in [3.05, 3.63) is 23.3 Å². The monoisotopic (exact) mass is 482 g/mol. The molecule has 186 valence electrons. The van der Waals surface area contributed by atoms with Gasteiger partial charge in [-0.2, -0.15) is 18.3 Å². The topological polar surface area (TPSA) is 128 Å². The third-order valence-corrected chi connectivity index (χ3v) is 7.41. The number of imidazole rings is 1. The fourth-order valence-electron chi connectivity index (χ4n) is 5.21. The summed E-state index contributed by atoms with van der Waals surface area (Å²) in [5.41, 5.74) is 8.14. The van der Waals surface area contributed by atoms with Crippen LogP contribution in [0.3, 0.4) is 0 Å². The average Bonchev–Trinajstić information content (AvgIpc) is 3.20. The quantitative estimate of drug-likeness (QED) is 0.591. The van der Waals surface area contributed by atoms with E-state index in [1.807, 2.05) is 0 Å². The van der Waals surface area contributed by atoms with Crippen LogP contribution in [0.5, 0.6) is 0 Å². The van der Waals surface area contributed by atoms with E-state index in [2.05, 4.69) is 15.4 Å². The van der Waals surface area contributed by atoms with Gasteiger partial charge in [0.2, 0.25) is 5.91 Å². The van der Waals surface area contributed by atoms with E-state index in [1.165, 1.54) is 4.52 Å². The predicted octanol–water partition coefficient (Wildman–Crippen LogP) is 1.65. The largest absolute Gasteiger partial charge is 0.393 e. The second kappa shape index (κ2) is 9.04. The molecule has 2 aromatic heterocycles. The molecule has 1 saturated carbocycles. The number of hydrogen-bond donors (Lipinski definition) is 3. The maximum absolute atomic E-state index is 13.3. The summed E-state index contributed by atoms with van der Waals surface area (Å²) in [7, 11) is 0. The first-order chi connectivity index (χ1) is 16.2. The Labute approximate surface area is 194 Å². The highest BCUT2D eigenvalue weighted by Crippen LogP contribution is 2.37. The Balaban J connectivity index is 1.46. The van der Waals surface area contributed by atoms with Crippen LogP contribution >= 0.6 is 0 Å². The first-order valence-corrected chi connectivity index (χ1v) is 11.8. The predicted molar refractivity (Wildman–Crippen MR) is 114 cm³/mol. The van der Waals surface area contributed by atoms with E-state index in [9.17, 15) is 23.1 Å². The molecule has 0 radical (unpaired) electrons. The molecular formula is C22H29F3N6O3. The minimum absolute atomic E-state index is 0.0296. The minimum Gasteiger partial charge on any atom is -0.393 e. The fraction of sp³-hybridized carbons (Fsp3) is 0.727. The number of nitrogens with one attached hydrogen (secondary N) is 1. The minimum atomic E-state index is -4.37. The molecule has 0 unspecified atom stereocenters. The standard InChI is InChI=1S/C22H29F3N6O3/c23-22(24,25)14-5-13(20(33)27-9-14)8-16-19(11-1-3-34-4-2-11)29-21-28-17(10-31(21)30-16)18(26)12-6-15(32)7-12/h10-15,18,32H,1-9,26H2,(H,27,33)/t12?,13-,14-,15?,18+/m1/s1. The molecule has 2 saturated heterocycles. The van der Waals surface area contributed by atoms with Crippen molar-refractivity contribution in [2.75, 3.05) is 19.8 Å². The average molecular weight is 483 g/mol. The third kappa shape index (κ3) is 4.63. The number of fused-ring (bicyclic) bond motifs is 1. The number of carbonyl (C=O) groups excluding carboxylic acids is 1. The van der Waals surface area contributed by atoms with Gasteiger partial charge in [-0.05, 0) is 38.0 Å². The van der Waals surface area contributed by atoms with Gasteiger partial charge in [-0.1, -0.05) is 0 Å². The van der Waals surface area contributed by atoms with E-state index < -0.39 is 30.5 Å². The second-order valence-corrected chi connectivity index (χ2v) is 9.77. The van der Waals surface area contributed by atoms with E-state index >= 15 is 0 Å². The Kier molecular flexibility index (Phi) is 6.23. The van der Waals surface area contributed by atoms with E-state index in [1.54, 1.807) is 6.20 Å². The van der Waals surface area contributed by atoms with Crippen LogP contribution in [-0.4, -0.2) is 62.6 Å². The van der Waals surface area contributed by atoms with Gasteiger partial charge in [0.25, 0.3) is 5.78 Å². The molecule has 34 heavy (non-hydrogen) atoms. The van der Waals surface area contributed by atoms with Gasteiger partial charge in [0, 0.05) is 38.0 Å². The zero-order valence-electron chi connectivity index (χ0n) is 18.7. The van der Waals surface area contributed by atoms with Crippen LogP contribution in [0.1, 0.15) is 61.1 Å². The maximum Gasteiger partial charge on any atom is 0.393 e. The van der Waals surface area contributed by atoms with E-state index in [-0.39, 0.29) is 36.8 Å². The first-order valence-electron chi connectivity index (χ1n) is 11.8. The molecule has 3 atom stereocenters. The van der Waals surface area contributed by atoms with Gasteiger partial charge < -0.3 is 20.9 Å². The smallest absolute Gasteiger partial charge is 0.393 e. The lowest BCUT2D eigenvalue weighted by atomic mass is 9.77. The van der Waals surface area contributed by atoms with Crippen molar-refractivity contribution in [2.45, 2.75) is 62.8 Å². The maximum atomic E-state index is 13.3. The van der Waals surface area contributed by atoms with E-state index in [0.29, 0.717) is 61.8 Å². The summed E-state index contributed by atoms with van der Waals surface area (Å²) in [5, 5.41) is 16.7. The lowest BCUT2D eigenvalue weighted by molar-refractivity contribution is -0.183. The van der Waals surface area contributed by atoms with Crippen molar-refractivity contribution < 1.29 is 27.8 Å². The SMILES string of the molecule is N[C@H](c1cn2nc(C[C@H]3C[C@@H](C(F)(F)F)CNC3=O)c(C3CCOCC3)nc2n1)C1CC(O)C1. The Bertz CT molecular complexity index is 1050. The Hall–Kier alpha value is -2.31. The number of piperidine rings is 1. The van der Waals surface area contributed by atoms with Crippen molar-refractivity contribution in [3.63, 3.8) is 0 Å². The van der Waals surface area contributed by atoms with Gasteiger partial charge in [-0.15, -0.1) is 0 Å². The molecule has 0 bridgehead atoms. The lowest BCUT2D eigenvalue weighted by Crippen LogP contribution is -2.47. The zero-order chi connectivity index (χ0) is 24.0. The second-order valence-electron chi connectivity index (χ2n) is 9.77. The molecule has 2 aliphatic heterocycles. The molecule has 2 aromatic rings. The van der Waals surface area contributed by atoms with E-state index in [0.717, 1.165) is 0 Å². The van der Waals surface area contributed by atoms with Crippen molar-refractivity contribution in [3.8, 4) is 0 Å². The molecule has 0 aromatic carbocycles. The van der Waals surface area contributed by atoms with Crippen LogP contribution in [0.25, 0.3) is 5.78 Å². The van der Waals surface area contributed by atoms with Crippen LogP contribution in [0, 0.1) is 17.8 Å². The summed E-state index contributed by atoms with van der Waals surface area (Å²) in [5.74, 6) is -2.28. The van der Waals surface area contributed by atoms with Crippen molar-refractivity contribution in [1.29, 1.82) is 0 Å². The van der Waals surface area contributed by atoms with E-state index in [4.69, 9.17) is 15.5 Å². The number of ether oxygens (including phenoxy) is 1. The van der Waals surface area contributed by atoms with Gasteiger partial charge in [0.05, 0.1) is 41.3 Å². The van der Waals surface area contributed by atoms with Crippen LogP contribution in [0.2, 0.25) is 0 Å². The summed E-state index contributed by atoms with van der Waals surface area (Å²) in [6, 6.07) is -0.362. The van der Waals surface area contributed by atoms with Crippen LogP contribution < -0.4 is 11.1 Å². The van der Waals surface area contributed by atoms with Crippen LogP contribution in [0.4, 0.5) is 13.2 Å². The van der Waals surface area contributed by atoms with Gasteiger partial charge in [-0.3, -0.25) is 4.79 Å². The van der Waals surface area contributed by atoms with Crippen LogP contribution in [-0.2, 0) is 16.0 Å². The summed E-state index contributed by atoms with van der Waals surface area (Å²) in [4.78, 5) is 21.8. The molecule has 0 spiro atoms. The number of aliphatic hydroxyl groups is 1. The number of alkyl halides is 3. The summed E-state index contributed by atoms with van der Waals surface area (Å²) >= 11 is 0. The number of rotatable bonds is 5. The molecule has 1 aliphatic carbocycles. The molecule has 3 fully saturated rings. The molecule has 9 nitrogen and oxygen atoms in total. The highest BCUT2D eigenvalue weighted by molar-refractivity contribution is 5.79. The van der Waals surface area contributed by atoms with Crippen molar-refractivity contribution in [2.24, 2.45) is 23.5 Å². The number of nitrogens with zero attached hydrogens (tertiary/aromatic N) is 4. The summed E-state index contributed by atoms with van der Waals surface area (Å²) in [6.07, 6.45) is -0.547. The van der Waals surface area contributed by atoms with Crippen molar-refractivity contribution >= 4 is 11.7 Å². The highest BCUT2D eigenvalue weighted by atomic mass is 19.4. The Morgan fingerprint density at radius 1 is 1.24 bits per heavy atom. The number of aliphatic hydroxyl groups excluding tert-OH is 1. The molecule has 1 amide bonds. The molecule has 12 heteroatoms. The number of hydrogen-bond acceptors (Lipinski definition) is 7. The van der Waals surface area contributed by atoms with Gasteiger partial charge in [0.1, 0.15) is 0 Å². The highest BCUT2D eigenvalue weighted by Gasteiger charge is 2.45. The number of amides is 1. The zero-order valence-corrected chi connectivity index (χ0v) is 18.7. The molecule has 4 heterocycles. The van der Waals surface area contributed by atoms with Gasteiger partial charge >= 0.3 is 6.18 Å². The normalized spacial score (nSPS) is 29.6. The number of aromatic nitrogens is 4. The molecule has 4 N–H and O–H groups in total. The number of nitrogens with two attached hydrogens (primary N) is 1. The van der Waals surface area contributed by atoms with Gasteiger partial charge in [-0.25, -0.2) is 14.5 Å².